The Labute approximate surface area is 94.4 Å². The molecule has 0 amide bonds. The van der Waals surface area contributed by atoms with Crippen LogP contribution in [0, 0.1) is 11.2 Å². The molecular formula is C13H15FO2. The van der Waals surface area contributed by atoms with Crippen molar-refractivity contribution in [2.45, 2.75) is 26.7 Å². The molecule has 1 aromatic carbocycles. The van der Waals surface area contributed by atoms with Crippen molar-refractivity contribution in [1.29, 1.82) is 0 Å². The summed E-state index contributed by atoms with van der Waals surface area (Å²) in [5.41, 5.74) is 0.195. The average molecular weight is 222 g/mol. The number of halogens is 1. The van der Waals surface area contributed by atoms with Crippen molar-refractivity contribution in [2.75, 3.05) is 6.61 Å². The van der Waals surface area contributed by atoms with Gasteiger partial charge in [0.1, 0.15) is 0 Å². The van der Waals surface area contributed by atoms with Gasteiger partial charge in [-0.3, -0.25) is 4.79 Å². The molecule has 2 nitrogen and oxygen atoms in total. The van der Waals surface area contributed by atoms with E-state index in [1.54, 1.807) is 13.0 Å². The molecule has 0 saturated heterocycles. The van der Waals surface area contributed by atoms with Gasteiger partial charge in [0.15, 0.2) is 17.3 Å². The molecule has 0 spiro atoms. The molecule has 0 bridgehead atoms. The monoisotopic (exact) mass is 222 g/mol. The molecule has 0 aliphatic heterocycles. The summed E-state index contributed by atoms with van der Waals surface area (Å²) in [7, 11) is 0. The molecule has 0 heterocycles. The number of rotatable bonds is 4. The number of hydrogen-bond donors (Lipinski definition) is 0. The van der Waals surface area contributed by atoms with E-state index in [0.717, 1.165) is 12.8 Å². The van der Waals surface area contributed by atoms with Crippen molar-refractivity contribution < 1.29 is 13.9 Å². The van der Waals surface area contributed by atoms with Gasteiger partial charge in [-0.25, -0.2) is 4.39 Å². The lowest BCUT2D eigenvalue weighted by Crippen LogP contribution is -2.12. The van der Waals surface area contributed by atoms with E-state index in [-0.39, 0.29) is 16.9 Å². The lowest BCUT2D eigenvalue weighted by atomic mass is 9.97. The molecule has 0 radical (unpaired) electrons. The first-order valence-electron chi connectivity index (χ1n) is 5.54. The molecule has 1 fully saturated rings. The Balaban J connectivity index is 2.24. The van der Waals surface area contributed by atoms with Gasteiger partial charge in [0, 0.05) is 11.0 Å². The third-order valence-electron chi connectivity index (χ3n) is 3.04. The fraction of sp³-hybridized carbons (Fsp3) is 0.462. The normalized spacial score (nSPS) is 16.9. The summed E-state index contributed by atoms with van der Waals surface area (Å²) in [5, 5.41) is 0. The van der Waals surface area contributed by atoms with E-state index in [1.807, 2.05) is 6.92 Å². The van der Waals surface area contributed by atoms with E-state index in [1.165, 1.54) is 12.1 Å². The predicted octanol–water partition coefficient (Wildman–Crippen LogP) is 3.21. The number of carbonyl (C=O) groups excluding carboxylic acids is 1. The predicted molar refractivity (Wildman–Crippen MR) is 59.2 cm³/mol. The highest BCUT2D eigenvalue weighted by Crippen LogP contribution is 2.47. The van der Waals surface area contributed by atoms with Crippen molar-refractivity contribution in [3.8, 4) is 5.75 Å². The summed E-state index contributed by atoms with van der Waals surface area (Å²) in [6.07, 6.45) is 1.81. The quantitative estimate of drug-likeness (QED) is 0.731. The molecular weight excluding hydrogens is 207 g/mol. The van der Waals surface area contributed by atoms with Crippen LogP contribution in [-0.4, -0.2) is 12.4 Å². The topological polar surface area (TPSA) is 26.3 Å². The van der Waals surface area contributed by atoms with Crippen LogP contribution >= 0.6 is 0 Å². The van der Waals surface area contributed by atoms with E-state index in [2.05, 4.69) is 0 Å². The minimum Gasteiger partial charge on any atom is -0.491 e. The van der Waals surface area contributed by atoms with Gasteiger partial charge < -0.3 is 4.74 Å². The molecule has 86 valence electrons. The van der Waals surface area contributed by atoms with E-state index in [0.29, 0.717) is 12.2 Å². The van der Waals surface area contributed by atoms with E-state index >= 15 is 0 Å². The van der Waals surface area contributed by atoms with Crippen LogP contribution < -0.4 is 4.74 Å². The molecule has 0 aromatic heterocycles. The van der Waals surface area contributed by atoms with Gasteiger partial charge in [-0.2, -0.15) is 0 Å². The van der Waals surface area contributed by atoms with Crippen molar-refractivity contribution in [1.82, 2.24) is 0 Å². The zero-order valence-corrected chi connectivity index (χ0v) is 9.55. The van der Waals surface area contributed by atoms with Crippen LogP contribution in [0.5, 0.6) is 5.75 Å². The first-order valence-corrected chi connectivity index (χ1v) is 5.54. The molecule has 2 rings (SSSR count). The highest BCUT2D eigenvalue weighted by Gasteiger charge is 2.45. The van der Waals surface area contributed by atoms with Gasteiger partial charge in [-0.15, -0.1) is 0 Å². The number of carbonyl (C=O) groups is 1. The zero-order chi connectivity index (χ0) is 11.8. The Hall–Kier alpha value is -1.38. The van der Waals surface area contributed by atoms with E-state index in [9.17, 15) is 9.18 Å². The number of ketones is 1. The van der Waals surface area contributed by atoms with Crippen molar-refractivity contribution >= 4 is 5.78 Å². The van der Waals surface area contributed by atoms with E-state index < -0.39 is 5.82 Å². The maximum Gasteiger partial charge on any atom is 0.168 e. The molecule has 1 aromatic rings. The van der Waals surface area contributed by atoms with Crippen LogP contribution in [0.4, 0.5) is 4.39 Å². The van der Waals surface area contributed by atoms with Crippen molar-refractivity contribution in [3.63, 3.8) is 0 Å². The minimum atomic E-state index is -0.461. The number of hydrogen-bond acceptors (Lipinski definition) is 2. The second-order valence-electron chi connectivity index (χ2n) is 4.47. The second kappa shape index (κ2) is 3.89. The number of Topliss-reactive ketones (excluding diaryl/α,β-unsaturated/α-hetero) is 1. The maximum absolute atomic E-state index is 13.5. The average Bonchev–Trinajstić information content (AvgIpc) is 3.00. The summed E-state index contributed by atoms with van der Waals surface area (Å²) in [6, 6.07) is 4.44. The standard InChI is InChI=1S/C13H15FO2/c1-3-16-11-5-4-9(8-10(11)14)12(15)13(2)6-7-13/h4-5,8H,3,6-7H2,1-2H3. The Bertz CT molecular complexity index is 422. The Morgan fingerprint density at radius 2 is 2.19 bits per heavy atom. The Morgan fingerprint density at radius 1 is 1.50 bits per heavy atom. The van der Waals surface area contributed by atoms with Gasteiger partial charge in [0.05, 0.1) is 6.61 Å². The molecule has 16 heavy (non-hydrogen) atoms. The summed E-state index contributed by atoms with van der Waals surface area (Å²) in [4.78, 5) is 11.9. The molecule has 1 saturated carbocycles. The largest absolute Gasteiger partial charge is 0.491 e. The second-order valence-corrected chi connectivity index (χ2v) is 4.47. The fourth-order valence-electron chi connectivity index (χ4n) is 1.68. The van der Waals surface area contributed by atoms with Gasteiger partial charge in [-0.1, -0.05) is 6.92 Å². The van der Waals surface area contributed by atoms with Crippen LogP contribution in [0.15, 0.2) is 18.2 Å². The highest BCUT2D eigenvalue weighted by molar-refractivity contribution is 6.02. The molecule has 1 aliphatic rings. The summed E-state index contributed by atoms with van der Waals surface area (Å²) in [6.45, 7) is 4.13. The first kappa shape index (κ1) is 11.1. The number of ether oxygens (including phenoxy) is 1. The minimum absolute atomic E-state index is 0.0365. The van der Waals surface area contributed by atoms with Crippen molar-refractivity contribution in [2.24, 2.45) is 5.41 Å². The Kier molecular flexibility index (Phi) is 2.70. The summed E-state index contributed by atoms with van der Waals surface area (Å²) in [5.74, 6) is -0.216. The molecule has 0 unspecified atom stereocenters. The molecule has 0 atom stereocenters. The van der Waals surface area contributed by atoms with Gasteiger partial charge in [-0.05, 0) is 38.0 Å². The van der Waals surface area contributed by atoms with Crippen LogP contribution in [0.25, 0.3) is 0 Å². The Morgan fingerprint density at radius 3 is 2.69 bits per heavy atom. The molecule has 3 heteroatoms. The maximum atomic E-state index is 13.5. The number of benzene rings is 1. The SMILES string of the molecule is CCOc1ccc(C(=O)C2(C)CC2)cc1F. The van der Waals surface area contributed by atoms with Crippen LogP contribution in [0.2, 0.25) is 0 Å². The van der Waals surface area contributed by atoms with Crippen LogP contribution in [0.3, 0.4) is 0 Å². The van der Waals surface area contributed by atoms with Gasteiger partial charge >= 0.3 is 0 Å². The van der Waals surface area contributed by atoms with Crippen LogP contribution in [-0.2, 0) is 0 Å². The first-order chi connectivity index (χ1) is 7.57. The fourth-order valence-corrected chi connectivity index (χ4v) is 1.68. The summed E-state index contributed by atoms with van der Waals surface area (Å²) < 4.78 is 18.6. The van der Waals surface area contributed by atoms with E-state index in [4.69, 9.17) is 4.74 Å². The van der Waals surface area contributed by atoms with Gasteiger partial charge in [0.25, 0.3) is 0 Å². The third-order valence-corrected chi connectivity index (χ3v) is 3.04. The van der Waals surface area contributed by atoms with Crippen LogP contribution in [0.1, 0.15) is 37.0 Å². The third kappa shape index (κ3) is 1.94. The molecule has 0 N–H and O–H groups in total. The zero-order valence-electron chi connectivity index (χ0n) is 9.55. The lowest BCUT2D eigenvalue weighted by Gasteiger charge is -2.09. The van der Waals surface area contributed by atoms with Gasteiger partial charge in [0.2, 0.25) is 0 Å². The lowest BCUT2D eigenvalue weighted by molar-refractivity contribution is 0.0912. The molecule has 1 aliphatic carbocycles. The van der Waals surface area contributed by atoms with Crippen molar-refractivity contribution in [3.05, 3.63) is 29.6 Å². The summed E-state index contributed by atoms with van der Waals surface area (Å²) >= 11 is 0. The smallest absolute Gasteiger partial charge is 0.168 e. The highest BCUT2D eigenvalue weighted by atomic mass is 19.1.